The molecule has 0 atom stereocenters. The molecule has 0 bridgehead atoms. The van der Waals surface area contributed by atoms with Gasteiger partial charge in [0.05, 0.1) is 6.61 Å². The number of aliphatic hydroxyl groups is 1. The lowest BCUT2D eigenvalue weighted by Crippen LogP contribution is -1.84. The highest BCUT2D eigenvalue weighted by Gasteiger charge is 1.78. The summed E-state index contributed by atoms with van der Waals surface area (Å²) in [5.41, 5.74) is 0. The highest BCUT2D eigenvalue weighted by Crippen LogP contribution is 1.79. The number of rotatable bonds is 4. The maximum Gasteiger partial charge on any atom is 0.328 e. The van der Waals surface area contributed by atoms with Gasteiger partial charge in [-0.2, -0.15) is 0 Å². The molecule has 0 radical (unpaired) electrons. The molecule has 0 saturated carbocycles. The first kappa shape index (κ1) is 9.65. The second kappa shape index (κ2) is 6.77. The number of carbonyl (C=O) groups is 1. The van der Waals surface area contributed by atoms with Gasteiger partial charge in [-0.1, -0.05) is 30.4 Å². The second-order valence-corrected chi connectivity index (χ2v) is 1.69. The van der Waals surface area contributed by atoms with Gasteiger partial charge in [0.15, 0.2) is 0 Å². The third-order valence-electron chi connectivity index (χ3n) is 0.814. The monoisotopic (exact) mass is 154 g/mol. The fourth-order valence-electron chi connectivity index (χ4n) is 0.406. The van der Waals surface area contributed by atoms with Crippen molar-refractivity contribution >= 4 is 5.97 Å². The van der Waals surface area contributed by atoms with Crippen LogP contribution in [0, 0.1) is 0 Å². The van der Waals surface area contributed by atoms with Crippen molar-refractivity contribution in [1.82, 2.24) is 0 Å². The first-order valence-electron chi connectivity index (χ1n) is 3.11. The second-order valence-electron chi connectivity index (χ2n) is 1.69. The van der Waals surface area contributed by atoms with Crippen LogP contribution in [0.3, 0.4) is 0 Å². The van der Waals surface area contributed by atoms with Gasteiger partial charge in [0.1, 0.15) is 0 Å². The molecule has 60 valence electrons. The zero-order chi connectivity index (χ0) is 8.53. The molecule has 0 spiro atoms. The number of hydrogen-bond acceptors (Lipinski definition) is 2. The van der Waals surface area contributed by atoms with E-state index in [-0.39, 0.29) is 6.61 Å². The Morgan fingerprint density at radius 2 is 1.82 bits per heavy atom. The van der Waals surface area contributed by atoms with Crippen molar-refractivity contribution in [3.63, 3.8) is 0 Å². The summed E-state index contributed by atoms with van der Waals surface area (Å²) in [6.45, 7) is -0.00696. The van der Waals surface area contributed by atoms with Crippen molar-refractivity contribution in [3.8, 4) is 0 Å². The van der Waals surface area contributed by atoms with E-state index in [2.05, 4.69) is 0 Å². The van der Waals surface area contributed by atoms with Gasteiger partial charge in [0.2, 0.25) is 0 Å². The first-order valence-corrected chi connectivity index (χ1v) is 3.11. The van der Waals surface area contributed by atoms with E-state index in [0.717, 1.165) is 6.08 Å². The molecular weight excluding hydrogens is 144 g/mol. The lowest BCUT2D eigenvalue weighted by molar-refractivity contribution is -0.131. The van der Waals surface area contributed by atoms with Crippen molar-refractivity contribution in [3.05, 3.63) is 36.5 Å². The molecule has 0 aromatic heterocycles. The van der Waals surface area contributed by atoms with Gasteiger partial charge in [-0.25, -0.2) is 4.79 Å². The number of hydrogen-bond donors (Lipinski definition) is 2. The van der Waals surface area contributed by atoms with Gasteiger partial charge in [-0.05, 0) is 0 Å². The topological polar surface area (TPSA) is 57.5 Å². The van der Waals surface area contributed by atoms with Crippen molar-refractivity contribution in [2.24, 2.45) is 0 Å². The normalized spacial score (nSPS) is 12.1. The Morgan fingerprint density at radius 3 is 2.36 bits per heavy atom. The van der Waals surface area contributed by atoms with Gasteiger partial charge in [0, 0.05) is 6.08 Å². The van der Waals surface area contributed by atoms with Crippen LogP contribution in [0.4, 0.5) is 0 Å². The number of carboxylic acids is 1. The van der Waals surface area contributed by atoms with E-state index >= 15 is 0 Å². The van der Waals surface area contributed by atoms with E-state index in [1.54, 1.807) is 24.3 Å². The van der Waals surface area contributed by atoms with Crippen molar-refractivity contribution < 1.29 is 15.0 Å². The summed E-state index contributed by atoms with van der Waals surface area (Å²) in [6, 6.07) is 0. The summed E-state index contributed by atoms with van der Waals surface area (Å²) >= 11 is 0. The van der Waals surface area contributed by atoms with Gasteiger partial charge >= 0.3 is 5.97 Å². The molecule has 0 aliphatic heterocycles. The van der Waals surface area contributed by atoms with E-state index in [0.29, 0.717) is 0 Å². The Kier molecular flexibility index (Phi) is 5.94. The Morgan fingerprint density at radius 1 is 1.18 bits per heavy atom. The Bertz CT molecular complexity index is 190. The molecule has 0 unspecified atom stereocenters. The summed E-state index contributed by atoms with van der Waals surface area (Å²) in [5.74, 6) is -0.971. The molecule has 0 heterocycles. The molecule has 0 amide bonds. The molecular formula is C8H10O3. The zero-order valence-electron chi connectivity index (χ0n) is 5.97. The minimum atomic E-state index is -0.971. The van der Waals surface area contributed by atoms with Crippen molar-refractivity contribution in [2.45, 2.75) is 0 Å². The standard InChI is InChI=1S/C8H10O3/c9-7-5-3-1-2-4-6-8(10)11/h1-6,9H,7H2,(H,10,11). The van der Waals surface area contributed by atoms with E-state index < -0.39 is 5.97 Å². The number of aliphatic hydroxyl groups excluding tert-OH is 1. The summed E-state index contributed by atoms with van der Waals surface area (Å²) in [7, 11) is 0. The van der Waals surface area contributed by atoms with E-state index in [1.165, 1.54) is 6.08 Å². The number of allylic oxidation sites excluding steroid dienone is 4. The Balaban J connectivity index is 3.60. The molecule has 0 aromatic rings. The highest BCUT2D eigenvalue weighted by atomic mass is 16.4. The molecule has 0 aliphatic carbocycles. The van der Waals surface area contributed by atoms with E-state index in [4.69, 9.17) is 10.2 Å². The molecule has 0 saturated heterocycles. The third kappa shape index (κ3) is 8.65. The molecule has 2 N–H and O–H groups in total. The Labute approximate surface area is 65.0 Å². The molecule has 3 nitrogen and oxygen atoms in total. The van der Waals surface area contributed by atoms with Gasteiger partial charge in [0.25, 0.3) is 0 Å². The fourth-order valence-corrected chi connectivity index (χ4v) is 0.406. The minimum absolute atomic E-state index is 0.00696. The third-order valence-corrected chi connectivity index (χ3v) is 0.814. The summed E-state index contributed by atoms with van der Waals surface area (Å²) in [6.07, 6.45) is 8.82. The lowest BCUT2D eigenvalue weighted by Gasteiger charge is -1.75. The molecule has 11 heavy (non-hydrogen) atoms. The molecule has 3 heteroatoms. The minimum Gasteiger partial charge on any atom is -0.478 e. The molecule has 0 fully saturated rings. The van der Waals surface area contributed by atoms with Crippen LogP contribution in [0.1, 0.15) is 0 Å². The first-order chi connectivity index (χ1) is 5.27. The lowest BCUT2D eigenvalue weighted by atomic mass is 10.4. The smallest absolute Gasteiger partial charge is 0.328 e. The van der Waals surface area contributed by atoms with Crippen LogP contribution in [0.5, 0.6) is 0 Å². The zero-order valence-corrected chi connectivity index (χ0v) is 5.97. The molecule has 0 aromatic carbocycles. The van der Waals surface area contributed by atoms with Crippen LogP contribution < -0.4 is 0 Å². The predicted octanol–water partition coefficient (Wildman–Crippen LogP) is 0.732. The highest BCUT2D eigenvalue weighted by molar-refractivity contribution is 5.80. The Hall–Kier alpha value is -1.35. The van der Waals surface area contributed by atoms with E-state index in [9.17, 15) is 4.79 Å². The van der Waals surface area contributed by atoms with Crippen LogP contribution in [0.25, 0.3) is 0 Å². The molecule has 0 aliphatic rings. The van der Waals surface area contributed by atoms with Crippen LogP contribution in [-0.4, -0.2) is 22.8 Å². The van der Waals surface area contributed by atoms with E-state index in [1.807, 2.05) is 0 Å². The largest absolute Gasteiger partial charge is 0.478 e. The van der Waals surface area contributed by atoms with Gasteiger partial charge in [-0.15, -0.1) is 0 Å². The van der Waals surface area contributed by atoms with Crippen LogP contribution in [-0.2, 0) is 4.79 Å². The van der Waals surface area contributed by atoms with Crippen molar-refractivity contribution in [1.29, 1.82) is 0 Å². The molecule has 0 rings (SSSR count). The summed E-state index contributed by atoms with van der Waals surface area (Å²) in [5, 5.41) is 16.4. The summed E-state index contributed by atoms with van der Waals surface area (Å²) < 4.78 is 0. The maximum atomic E-state index is 9.91. The van der Waals surface area contributed by atoms with Gasteiger partial charge < -0.3 is 10.2 Å². The van der Waals surface area contributed by atoms with Crippen molar-refractivity contribution in [2.75, 3.05) is 6.61 Å². The van der Waals surface area contributed by atoms with Crippen LogP contribution in [0.15, 0.2) is 36.5 Å². The van der Waals surface area contributed by atoms with Crippen LogP contribution >= 0.6 is 0 Å². The SMILES string of the molecule is O=C(O)C=CC=CC=CCO. The number of aliphatic carboxylic acids is 1. The van der Waals surface area contributed by atoms with Gasteiger partial charge in [-0.3, -0.25) is 0 Å². The predicted molar refractivity (Wildman–Crippen MR) is 42.1 cm³/mol. The average molecular weight is 154 g/mol. The fraction of sp³-hybridized carbons (Fsp3) is 0.125. The summed E-state index contributed by atoms with van der Waals surface area (Å²) in [4.78, 5) is 9.91. The maximum absolute atomic E-state index is 9.91. The number of carboxylic acid groups (broad SMARTS) is 1. The quantitative estimate of drug-likeness (QED) is 0.463. The average Bonchev–Trinajstić information content (AvgIpc) is 1.96. The van der Waals surface area contributed by atoms with Crippen LogP contribution in [0.2, 0.25) is 0 Å².